The Balaban J connectivity index is 2.00. The number of nitrogens with two attached hydrogens (primary N) is 1. The van der Waals surface area contributed by atoms with E-state index in [0.717, 1.165) is 17.4 Å². The number of rotatable bonds is 5. The van der Waals surface area contributed by atoms with Crippen molar-refractivity contribution < 1.29 is 4.42 Å². The molecule has 1 aliphatic carbocycles. The van der Waals surface area contributed by atoms with Crippen LogP contribution < -0.4 is 5.73 Å². The lowest BCUT2D eigenvalue weighted by Crippen LogP contribution is -2.27. The molecule has 1 aromatic heterocycles. The fourth-order valence-electron chi connectivity index (χ4n) is 2.45. The van der Waals surface area contributed by atoms with Crippen LogP contribution in [0.4, 0.5) is 0 Å². The van der Waals surface area contributed by atoms with Crippen LogP contribution in [0.25, 0.3) is 0 Å². The van der Waals surface area contributed by atoms with Crippen molar-refractivity contribution >= 4 is 11.8 Å². The van der Waals surface area contributed by atoms with Gasteiger partial charge in [0.2, 0.25) is 0 Å². The molecule has 2 nitrogen and oxygen atoms in total. The van der Waals surface area contributed by atoms with Crippen LogP contribution in [0.15, 0.2) is 22.8 Å². The summed E-state index contributed by atoms with van der Waals surface area (Å²) in [5.41, 5.74) is 6.24. The lowest BCUT2D eigenvalue weighted by molar-refractivity contribution is 0.467. The summed E-state index contributed by atoms with van der Waals surface area (Å²) >= 11 is 2.04. The first-order valence-electron chi connectivity index (χ1n) is 6.75. The second-order valence-corrected chi connectivity index (χ2v) is 6.35. The van der Waals surface area contributed by atoms with Crippen molar-refractivity contribution in [3.63, 3.8) is 0 Å². The van der Waals surface area contributed by atoms with Gasteiger partial charge in [-0.2, -0.15) is 0 Å². The summed E-state index contributed by atoms with van der Waals surface area (Å²) in [5.74, 6) is 1.05. The third-order valence-corrected chi connectivity index (χ3v) is 5.31. The molecule has 3 heteroatoms. The monoisotopic (exact) mass is 253 g/mol. The predicted octanol–water partition coefficient (Wildman–Crippen LogP) is 4.12. The Morgan fingerprint density at radius 2 is 2.18 bits per heavy atom. The fraction of sp³-hybridized carbons (Fsp3) is 0.714. The Morgan fingerprint density at radius 3 is 2.76 bits per heavy atom. The lowest BCUT2D eigenvalue weighted by atomic mass is 10.0. The topological polar surface area (TPSA) is 39.2 Å². The second kappa shape index (κ2) is 6.50. The van der Waals surface area contributed by atoms with Crippen LogP contribution in [0, 0.1) is 0 Å². The second-order valence-electron chi connectivity index (χ2n) is 4.90. The highest BCUT2D eigenvalue weighted by atomic mass is 32.2. The zero-order chi connectivity index (χ0) is 12.1. The van der Waals surface area contributed by atoms with Crippen LogP contribution in [-0.4, -0.2) is 11.3 Å². The highest BCUT2D eigenvalue weighted by Gasteiger charge is 2.26. The van der Waals surface area contributed by atoms with Crippen LogP contribution in [0.3, 0.4) is 0 Å². The van der Waals surface area contributed by atoms with Crippen molar-refractivity contribution in [3.05, 3.63) is 24.2 Å². The Hall–Kier alpha value is -0.410. The summed E-state index contributed by atoms with van der Waals surface area (Å²) in [6, 6.07) is 4.23. The molecule has 1 saturated carbocycles. The molecule has 17 heavy (non-hydrogen) atoms. The Kier molecular flexibility index (Phi) is 4.99. The van der Waals surface area contributed by atoms with Crippen LogP contribution in [0.2, 0.25) is 0 Å². The molecule has 1 heterocycles. The summed E-state index contributed by atoms with van der Waals surface area (Å²) in [6.07, 6.45) is 9.62. The smallest absolute Gasteiger partial charge is 0.118 e. The minimum Gasteiger partial charge on any atom is -0.468 e. The minimum absolute atomic E-state index is 0.202. The van der Waals surface area contributed by atoms with E-state index >= 15 is 0 Å². The Bertz CT molecular complexity index is 306. The molecular formula is C14H23NOS. The van der Waals surface area contributed by atoms with Gasteiger partial charge in [-0.25, -0.2) is 0 Å². The van der Waals surface area contributed by atoms with Crippen LogP contribution in [-0.2, 0) is 0 Å². The van der Waals surface area contributed by atoms with Gasteiger partial charge in [0.05, 0.1) is 11.5 Å². The minimum atomic E-state index is 0.202. The first-order valence-corrected chi connectivity index (χ1v) is 7.70. The van der Waals surface area contributed by atoms with Crippen LogP contribution in [0.1, 0.15) is 56.5 Å². The molecule has 2 rings (SSSR count). The van der Waals surface area contributed by atoms with E-state index in [1.165, 1.54) is 32.1 Å². The summed E-state index contributed by atoms with van der Waals surface area (Å²) < 4.78 is 5.56. The molecule has 0 radical (unpaired) electrons. The molecule has 2 atom stereocenters. The lowest BCUT2D eigenvalue weighted by Gasteiger charge is -2.28. The van der Waals surface area contributed by atoms with Crippen molar-refractivity contribution in [2.24, 2.45) is 5.73 Å². The van der Waals surface area contributed by atoms with E-state index in [1.54, 1.807) is 6.26 Å². The van der Waals surface area contributed by atoms with Gasteiger partial charge in [-0.15, -0.1) is 11.8 Å². The van der Waals surface area contributed by atoms with Gasteiger partial charge in [0.25, 0.3) is 0 Å². The van der Waals surface area contributed by atoms with E-state index in [2.05, 4.69) is 13.0 Å². The highest BCUT2D eigenvalue weighted by Crippen LogP contribution is 2.40. The molecule has 0 amide bonds. The van der Waals surface area contributed by atoms with E-state index in [4.69, 9.17) is 10.2 Å². The van der Waals surface area contributed by atoms with Gasteiger partial charge in [0.15, 0.2) is 0 Å². The van der Waals surface area contributed by atoms with E-state index in [0.29, 0.717) is 5.25 Å². The van der Waals surface area contributed by atoms with Crippen LogP contribution in [0.5, 0.6) is 0 Å². The molecule has 1 aromatic rings. The molecule has 0 aliphatic heterocycles. The third kappa shape index (κ3) is 3.52. The van der Waals surface area contributed by atoms with E-state index < -0.39 is 0 Å². The van der Waals surface area contributed by atoms with E-state index in [9.17, 15) is 0 Å². The summed E-state index contributed by atoms with van der Waals surface area (Å²) in [6.45, 7) is 2.15. The van der Waals surface area contributed by atoms with Gasteiger partial charge in [-0.3, -0.25) is 0 Å². The molecule has 0 aromatic carbocycles. The van der Waals surface area contributed by atoms with Gasteiger partial charge in [-0.1, -0.05) is 26.2 Å². The SMILES string of the molecule is CCC(N)C(SC1CCCCC1)c1ccco1. The zero-order valence-corrected chi connectivity index (χ0v) is 11.4. The molecule has 2 N–H and O–H groups in total. The average molecular weight is 253 g/mol. The van der Waals surface area contributed by atoms with Gasteiger partial charge in [0, 0.05) is 11.3 Å². The van der Waals surface area contributed by atoms with Gasteiger partial charge < -0.3 is 10.2 Å². The molecule has 0 saturated heterocycles. The summed E-state index contributed by atoms with van der Waals surface area (Å²) in [7, 11) is 0. The first-order chi connectivity index (χ1) is 8.31. The zero-order valence-electron chi connectivity index (χ0n) is 10.6. The molecule has 1 aliphatic rings. The van der Waals surface area contributed by atoms with Gasteiger partial charge in [0.1, 0.15) is 5.76 Å². The summed E-state index contributed by atoms with van der Waals surface area (Å²) in [4.78, 5) is 0. The number of thioether (sulfide) groups is 1. The van der Waals surface area contributed by atoms with Crippen LogP contribution >= 0.6 is 11.8 Å². The number of hydrogen-bond acceptors (Lipinski definition) is 3. The van der Waals surface area contributed by atoms with Gasteiger partial charge >= 0.3 is 0 Å². The van der Waals surface area contributed by atoms with Crippen molar-refractivity contribution in [1.82, 2.24) is 0 Å². The summed E-state index contributed by atoms with van der Waals surface area (Å²) in [5, 5.41) is 1.11. The molecule has 2 unspecified atom stereocenters. The van der Waals surface area contributed by atoms with Crippen molar-refractivity contribution in [2.45, 2.75) is 62.0 Å². The maximum Gasteiger partial charge on any atom is 0.118 e. The molecule has 96 valence electrons. The largest absolute Gasteiger partial charge is 0.468 e. The fourth-order valence-corrected chi connectivity index (χ4v) is 4.14. The Morgan fingerprint density at radius 1 is 1.41 bits per heavy atom. The van der Waals surface area contributed by atoms with Crippen molar-refractivity contribution in [3.8, 4) is 0 Å². The van der Waals surface area contributed by atoms with Crippen molar-refractivity contribution in [1.29, 1.82) is 0 Å². The van der Waals surface area contributed by atoms with E-state index in [1.807, 2.05) is 17.8 Å². The van der Waals surface area contributed by atoms with E-state index in [-0.39, 0.29) is 6.04 Å². The molecular weight excluding hydrogens is 230 g/mol. The maximum absolute atomic E-state index is 6.24. The van der Waals surface area contributed by atoms with Crippen molar-refractivity contribution in [2.75, 3.05) is 0 Å². The van der Waals surface area contributed by atoms with Gasteiger partial charge in [-0.05, 0) is 31.4 Å². The standard InChI is InChI=1S/C14H23NOS/c1-2-12(15)14(13-9-6-10-16-13)17-11-7-4-3-5-8-11/h6,9-12,14H,2-5,7-8,15H2,1H3. The normalized spacial score (nSPS) is 21.3. The highest BCUT2D eigenvalue weighted by molar-refractivity contribution is 8.00. The number of furan rings is 1. The number of hydrogen-bond donors (Lipinski definition) is 1. The third-order valence-electron chi connectivity index (χ3n) is 3.58. The molecule has 0 bridgehead atoms. The molecule has 0 spiro atoms. The Labute approximate surface area is 108 Å². The quantitative estimate of drug-likeness (QED) is 0.857. The molecule has 1 fully saturated rings. The average Bonchev–Trinajstić information content (AvgIpc) is 2.90. The first kappa shape index (κ1) is 13.0. The maximum atomic E-state index is 6.24. The predicted molar refractivity (Wildman–Crippen MR) is 74.2 cm³/mol.